The van der Waals surface area contributed by atoms with Crippen molar-refractivity contribution in [2.24, 2.45) is 0 Å². The predicted octanol–water partition coefficient (Wildman–Crippen LogP) is 5.54. The van der Waals surface area contributed by atoms with E-state index in [0.29, 0.717) is 16.5 Å². The number of alkyl halides is 4. The lowest BCUT2D eigenvalue weighted by molar-refractivity contribution is -0.149. The lowest BCUT2D eigenvalue weighted by Crippen LogP contribution is -2.36. The molecule has 2 aromatic carbocycles. The minimum absolute atomic E-state index is 0.0320. The Hall–Kier alpha value is -4.35. The van der Waals surface area contributed by atoms with E-state index in [1.165, 1.54) is 56.9 Å². The first-order valence-corrected chi connectivity index (χ1v) is 12.2. The summed E-state index contributed by atoms with van der Waals surface area (Å²) in [6.45, 7) is -0.291. The van der Waals surface area contributed by atoms with Crippen molar-refractivity contribution < 1.29 is 36.2 Å². The number of carbonyl (C=O) groups excluding carboxylic acids is 1. The number of methoxy groups -OCH3 is 1. The van der Waals surface area contributed by atoms with Gasteiger partial charge in [-0.2, -0.15) is 13.2 Å². The molecular weight excluding hydrogens is 535 g/mol. The summed E-state index contributed by atoms with van der Waals surface area (Å²) in [6, 6.07) is 9.00. The zero-order valence-corrected chi connectivity index (χ0v) is 21.4. The highest BCUT2D eigenvalue weighted by Crippen LogP contribution is 2.46. The minimum Gasteiger partial charge on any atom is -0.494 e. The quantitative estimate of drug-likeness (QED) is 0.300. The maximum absolute atomic E-state index is 14.4. The topological polar surface area (TPSA) is 86.2 Å². The van der Waals surface area contributed by atoms with E-state index in [0.717, 1.165) is 12.1 Å². The third-order valence-electron chi connectivity index (χ3n) is 6.86. The minimum atomic E-state index is -4.82. The van der Waals surface area contributed by atoms with Crippen LogP contribution in [0, 0.1) is 5.82 Å². The largest absolute Gasteiger partial charge is 0.494 e. The third-order valence-corrected chi connectivity index (χ3v) is 6.86. The number of benzene rings is 2. The number of aromatic nitrogens is 3. The number of rotatable bonds is 7. The maximum atomic E-state index is 14.4. The number of carbonyl (C=O) groups is 1. The van der Waals surface area contributed by atoms with E-state index in [1.54, 1.807) is 0 Å². The first kappa shape index (κ1) is 27.2. The molecule has 5 rings (SSSR count). The average molecular weight is 559 g/mol. The molecule has 1 amide bonds. The number of nitrogens with one attached hydrogen (secondary N) is 1. The van der Waals surface area contributed by atoms with E-state index >= 15 is 0 Å². The van der Waals surface area contributed by atoms with Crippen molar-refractivity contribution in [3.8, 4) is 22.8 Å². The van der Waals surface area contributed by atoms with Crippen molar-refractivity contribution >= 4 is 16.8 Å². The summed E-state index contributed by atoms with van der Waals surface area (Å²) in [4.78, 5) is 25.2. The molecule has 0 spiro atoms. The van der Waals surface area contributed by atoms with Crippen molar-refractivity contribution in [3.05, 3.63) is 77.6 Å². The summed E-state index contributed by atoms with van der Waals surface area (Å²) in [6.07, 6.45) is -2.06. The van der Waals surface area contributed by atoms with Crippen LogP contribution >= 0.6 is 0 Å². The van der Waals surface area contributed by atoms with Gasteiger partial charge in [0, 0.05) is 34.8 Å². The Labute approximate surface area is 225 Å². The van der Waals surface area contributed by atoms with Crippen molar-refractivity contribution in [2.45, 2.75) is 24.4 Å². The van der Waals surface area contributed by atoms with Gasteiger partial charge in [-0.3, -0.25) is 4.79 Å². The molecule has 0 radical (unpaired) electrons. The van der Waals surface area contributed by atoms with Crippen LogP contribution in [0.5, 0.6) is 11.5 Å². The molecule has 0 saturated carbocycles. The van der Waals surface area contributed by atoms with Crippen LogP contribution in [-0.2, 0) is 5.41 Å². The second-order valence-electron chi connectivity index (χ2n) is 9.71. The van der Waals surface area contributed by atoms with Gasteiger partial charge >= 0.3 is 6.18 Å². The van der Waals surface area contributed by atoms with Gasteiger partial charge < -0.3 is 14.8 Å². The van der Waals surface area contributed by atoms with Gasteiger partial charge in [0.25, 0.3) is 5.91 Å². The maximum Gasteiger partial charge on any atom is 0.398 e. The highest BCUT2D eigenvalue weighted by atomic mass is 19.4. The molecule has 208 valence electrons. The van der Waals surface area contributed by atoms with Crippen LogP contribution in [0.3, 0.4) is 0 Å². The Balaban J connectivity index is 1.52. The molecule has 1 N–H and O–H groups in total. The van der Waals surface area contributed by atoms with Crippen molar-refractivity contribution in [1.82, 2.24) is 20.3 Å². The second-order valence-corrected chi connectivity index (χ2v) is 9.71. The van der Waals surface area contributed by atoms with Gasteiger partial charge in [-0.25, -0.2) is 23.7 Å². The van der Waals surface area contributed by atoms with Gasteiger partial charge in [-0.15, -0.1) is 0 Å². The fourth-order valence-corrected chi connectivity index (χ4v) is 4.59. The highest BCUT2D eigenvalue weighted by Gasteiger charge is 2.45. The fourth-order valence-electron chi connectivity index (χ4n) is 4.59. The number of amides is 1. The van der Waals surface area contributed by atoms with Crippen LogP contribution in [0.4, 0.5) is 22.0 Å². The number of pyridine rings is 1. The Morgan fingerprint density at radius 1 is 1.20 bits per heavy atom. The van der Waals surface area contributed by atoms with Gasteiger partial charge in [0.1, 0.15) is 54.1 Å². The molecule has 12 heteroatoms. The van der Waals surface area contributed by atoms with Crippen LogP contribution in [0.1, 0.15) is 34.5 Å². The lowest BCUT2D eigenvalue weighted by atomic mass is 9.84. The monoisotopic (exact) mass is 558 g/mol. The van der Waals surface area contributed by atoms with Crippen molar-refractivity contribution in [3.63, 3.8) is 0 Å². The van der Waals surface area contributed by atoms with E-state index in [-0.39, 0.29) is 34.9 Å². The predicted molar refractivity (Wildman–Crippen MR) is 136 cm³/mol. The van der Waals surface area contributed by atoms with E-state index in [9.17, 15) is 26.7 Å². The van der Waals surface area contributed by atoms with Gasteiger partial charge in [0.15, 0.2) is 0 Å². The zero-order valence-electron chi connectivity index (χ0n) is 21.4. The van der Waals surface area contributed by atoms with Crippen molar-refractivity contribution in [1.29, 1.82) is 0 Å². The van der Waals surface area contributed by atoms with Crippen LogP contribution in [0.25, 0.3) is 22.2 Å². The Morgan fingerprint density at radius 3 is 2.62 bits per heavy atom. The van der Waals surface area contributed by atoms with Gasteiger partial charge in [0.05, 0.1) is 18.2 Å². The summed E-state index contributed by atoms with van der Waals surface area (Å²) in [5.74, 6) is -3.16. The van der Waals surface area contributed by atoms with Gasteiger partial charge in [-0.05, 0) is 49.4 Å². The first-order chi connectivity index (χ1) is 19.0. The fraction of sp³-hybridized carbons (Fsp3) is 0.286. The van der Waals surface area contributed by atoms with E-state index in [1.807, 2.05) is 0 Å². The molecule has 0 aliphatic carbocycles. The molecule has 7 nitrogen and oxygen atoms in total. The summed E-state index contributed by atoms with van der Waals surface area (Å²) < 4.78 is 81.9. The molecule has 40 heavy (non-hydrogen) atoms. The summed E-state index contributed by atoms with van der Waals surface area (Å²) >= 11 is 0. The third kappa shape index (κ3) is 5.01. The standard InChI is InChI=1S/C28H23F5N4O3/c1-27(12-29)13-40-25-19(27)9-21(37-24(25)15-3-5-18(30)6-4-15)20(28(31,32)33)11-35-26(38)16-7-17-10-34-14-36-23(17)22(8-16)39-2/h3-10,14,20H,11-13H2,1-2H3,(H,35,38). The molecule has 3 heterocycles. The zero-order chi connectivity index (χ0) is 28.7. The molecule has 1 aliphatic heterocycles. The number of nitrogens with zero attached hydrogens (tertiary/aromatic N) is 3. The van der Waals surface area contributed by atoms with Crippen LogP contribution in [0.15, 0.2) is 55.0 Å². The van der Waals surface area contributed by atoms with Crippen LogP contribution < -0.4 is 14.8 Å². The SMILES string of the molecule is COc1cc(C(=O)NCC(c2cc3c(c(-c4ccc(F)cc4)n2)OCC3(C)CF)C(F)(F)F)cc2cncnc12. The Kier molecular flexibility index (Phi) is 7.03. The molecule has 2 aromatic heterocycles. The van der Waals surface area contributed by atoms with Gasteiger partial charge in [-0.1, -0.05) is 0 Å². The molecule has 0 saturated heterocycles. The summed E-state index contributed by atoms with van der Waals surface area (Å²) in [5.41, 5.74) is -0.587. The van der Waals surface area contributed by atoms with E-state index in [2.05, 4.69) is 20.3 Å². The lowest BCUT2D eigenvalue weighted by Gasteiger charge is -2.24. The molecule has 0 fully saturated rings. The highest BCUT2D eigenvalue weighted by molar-refractivity contribution is 5.99. The van der Waals surface area contributed by atoms with E-state index in [4.69, 9.17) is 9.47 Å². The van der Waals surface area contributed by atoms with Crippen molar-refractivity contribution in [2.75, 3.05) is 26.9 Å². The van der Waals surface area contributed by atoms with E-state index < -0.39 is 48.1 Å². The van der Waals surface area contributed by atoms with Crippen LogP contribution in [-0.4, -0.2) is 54.0 Å². The summed E-state index contributed by atoms with van der Waals surface area (Å²) in [5, 5.41) is 2.81. The number of fused-ring (bicyclic) bond motifs is 2. The molecule has 4 aromatic rings. The molecule has 0 bridgehead atoms. The number of halogens is 5. The van der Waals surface area contributed by atoms with Crippen LogP contribution in [0.2, 0.25) is 0 Å². The Bertz CT molecular complexity index is 1580. The molecule has 1 aliphatic rings. The Morgan fingerprint density at radius 2 is 1.95 bits per heavy atom. The average Bonchev–Trinajstić information content (AvgIpc) is 3.28. The summed E-state index contributed by atoms with van der Waals surface area (Å²) in [7, 11) is 1.38. The molecule has 2 atom stereocenters. The second kappa shape index (κ2) is 10.3. The molecule has 2 unspecified atom stereocenters. The number of hydrogen-bond donors (Lipinski definition) is 1. The molecular formula is C28H23F5N4O3. The normalized spacial score (nSPS) is 17.3. The smallest absolute Gasteiger partial charge is 0.398 e. The number of ether oxygens (including phenoxy) is 2. The first-order valence-electron chi connectivity index (χ1n) is 12.2. The van der Waals surface area contributed by atoms with Gasteiger partial charge in [0.2, 0.25) is 0 Å². The number of hydrogen-bond acceptors (Lipinski definition) is 6.